The molecule has 0 aromatic heterocycles. The first-order chi connectivity index (χ1) is 18.3. The molecular weight excluding hydrogens is 472 g/mol. The molecule has 0 bridgehead atoms. The molecule has 1 aliphatic carbocycles. The predicted octanol–water partition coefficient (Wildman–Crippen LogP) is 7.69. The molecule has 1 fully saturated rings. The van der Waals surface area contributed by atoms with E-state index < -0.39 is 0 Å². The van der Waals surface area contributed by atoms with Gasteiger partial charge in [0.05, 0.1) is 7.11 Å². The van der Waals surface area contributed by atoms with E-state index in [2.05, 4.69) is 49.1 Å². The van der Waals surface area contributed by atoms with E-state index in [1.165, 1.54) is 50.8 Å². The van der Waals surface area contributed by atoms with E-state index >= 15 is 0 Å². The van der Waals surface area contributed by atoms with Gasteiger partial charge in [-0.25, -0.2) is 0 Å². The number of hydrogen-bond donors (Lipinski definition) is 2. The summed E-state index contributed by atoms with van der Waals surface area (Å²) in [7, 11) is 1.56. The first-order valence-electron chi connectivity index (χ1n) is 13.8. The average Bonchev–Trinajstić information content (AvgIpc) is 3.37. The number of amides is 1. The predicted molar refractivity (Wildman–Crippen MR) is 161 cm³/mol. The highest BCUT2D eigenvalue weighted by atomic mass is 16.5. The van der Waals surface area contributed by atoms with Crippen molar-refractivity contribution in [3.8, 4) is 11.5 Å². The van der Waals surface area contributed by atoms with Gasteiger partial charge in [0, 0.05) is 17.2 Å². The Morgan fingerprint density at radius 3 is 2.26 bits per heavy atom. The van der Waals surface area contributed by atoms with Crippen LogP contribution in [0.1, 0.15) is 76.6 Å². The van der Waals surface area contributed by atoms with Gasteiger partial charge in [0.15, 0.2) is 0 Å². The monoisotopic (exact) mass is 520 g/mol. The van der Waals surface area contributed by atoms with Gasteiger partial charge in [-0.3, -0.25) is 9.69 Å². The average molecular weight is 521 g/mol. The first-order valence-corrected chi connectivity index (χ1v) is 13.8. The van der Waals surface area contributed by atoms with Crippen molar-refractivity contribution in [2.45, 2.75) is 71.8 Å². The van der Waals surface area contributed by atoms with Gasteiger partial charge >= 0.3 is 0 Å². The van der Waals surface area contributed by atoms with Crippen molar-refractivity contribution in [2.75, 3.05) is 20.2 Å². The third kappa shape index (κ3) is 13.3. The van der Waals surface area contributed by atoms with Gasteiger partial charge in [0.2, 0.25) is 5.91 Å². The van der Waals surface area contributed by atoms with Gasteiger partial charge in [0.25, 0.3) is 0 Å². The minimum absolute atomic E-state index is 0.231. The Labute approximate surface area is 230 Å². The number of benzene rings is 2. The highest BCUT2D eigenvalue weighted by molar-refractivity contribution is 5.92. The number of ether oxygens (including phenoxy) is 1. The number of nitrogens with zero attached hydrogens (tertiary/aromatic N) is 1. The second-order valence-electron chi connectivity index (χ2n) is 9.59. The number of carbonyl (C=O) groups excluding carboxylic acids is 1. The molecular formula is C33H48N2O3. The van der Waals surface area contributed by atoms with Crippen LogP contribution in [0.15, 0.2) is 90.6 Å². The lowest BCUT2D eigenvalue weighted by molar-refractivity contribution is 0.1000. The summed E-state index contributed by atoms with van der Waals surface area (Å²) in [6.07, 6.45) is 18.9. The van der Waals surface area contributed by atoms with Crippen LogP contribution < -0.4 is 10.5 Å². The van der Waals surface area contributed by atoms with Crippen LogP contribution in [0.5, 0.6) is 11.5 Å². The molecule has 2 aromatic rings. The molecule has 5 nitrogen and oxygen atoms in total. The number of phenols is 1. The van der Waals surface area contributed by atoms with Crippen molar-refractivity contribution >= 4 is 5.91 Å². The molecule has 0 spiro atoms. The summed E-state index contributed by atoms with van der Waals surface area (Å²) in [6.45, 7) is 11.4. The van der Waals surface area contributed by atoms with Gasteiger partial charge in [-0.05, 0) is 89.7 Å². The molecule has 0 saturated carbocycles. The van der Waals surface area contributed by atoms with Crippen molar-refractivity contribution in [3.63, 3.8) is 0 Å². The molecule has 1 aliphatic heterocycles. The molecule has 208 valence electrons. The molecule has 5 heteroatoms. The molecule has 1 saturated heterocycles. The maximum Gasteiger partial charge on any atom is 0.248 e. The molecule has 38 heavy (non-hydrogen) atoms. The van der Waals surface area contributed by atoms with Crippen LogP contribution in [0.3, 0.4) is 0 Å². The molecule has 1 amide bonds. The molecule has 1 heterocycles. The van der Waals surface area contributed by atoms with Crippen LogP contribution in [-0.4, -0.2) is 41.7 Å². The smallest absolute Gasteiger partial charge is 0.248 e. The number of aromatic hydroxyl groups is 1. The van der Waals surface area contributed by atoms with Crippen LogP contribution >= 0.6 is 0 Å². The summed E-state index contributed by atoms with van der Waals surface area (Å²) >= 11 is 0. The molecule has 2 aliphatic rings. The number of primary amides is 1. The largest absolute Gasteiger partial charge is 0.508 e. The second kappa shape index (κ2) is 18.9. The number of phenolic OH excluding ortho intramolecular Hbond substituents is 1. The van der Waals surface area contributed by atoms with E-state index in [-0.39, 0.29) is 11.7 Å². The van der Waals surface area contributed by atoms with E-state index in [4.69, 9.17) is 15.6 Å². The Bertz CT molecular complexity index is 1000. The molecule has 3 N–H and O–H groups in total. The normalized spacial score (nSPS) is 14.4. The zero-order chi connectivity index (χ0) is 28.2. The Morgan fingerprint density at radius 2 is 1.71 bits per heavy atom. The minimum atomic E-state index is -0.379. The SMILES string of the molecule is CC.CC(C)(CCCC1=CCC=CC=C1)N1CCCC1.COc1cccc(O)c1.NC(=O)c1ccccc1. The first kappa shape index (κ1) is 32.7. The van der Waals surface area contributed by atoms with Crippen LogP contribution in [-0.2, 0) is 0 Å². The van der Waals surface area contributed by atoms with Crippen molar-refractivity contribution in [1.29, 1.82) is 0 Å². The van der Waals surface area contributed by atoms with Crippen LogP contribution in [0.25, 0.3) is 0 Å². The fourth-order valence-electron chi connectivity index (χ4n) is 4.23. The zero-order valence-corrected chi connectivity index (χ0v) is 24.0. The second-order valence-corrected chi connectivity index (χ2v) is 9.59. The van der Waals surface area contributed by atoms with Crippen LogP contribution in [0.4, 0.5) is 0 Å². The molecule has 0 radical (unpaired) electrons. The molecule has 2 aromatic carbocycles. The summed E-state index contributed by atoms with van der Waals surface area (Å²) in [4.78, 5) is 13.1. The van der Waals surface area contributed by atoms with Crippen molar-refractivity contribution in [3.05, 3.63) is 96.1 Å². The lowest BCUT2D eigenvalue weighted by atomic mass is 9.93. The van der Waals surface area contributed by atoms with Gasteiger partial charge in [0.1, 0.15) is 11.5 Å². The van der Waals surface area contributed by atoms with Gasteiger partial charge < -0.3 is 15.6 Å². The highest BCUT2D eigenvalue weighted by Gasteiger charge is 2.28. The third-order valence-electron chi connectivity index (χ3n) is 6.40. The number of likely N-dealkylation sites (tertiary alicyclic amines) is 1. The summed E-state index contributed by atoms with van der Waals surface area (Å²) in [5.74, 6) is 0.528. The number of allylic oxidation sites excluding steroid dienone is 6. The molecule has 0 unspecified atom stereocenters. The summed E-state index contributed by atoms with van der Waals surface area (Å²) in [5.41, 5.74) is 7.43. The van der Waals surface area contributed by atoms with E-state index in [9.17, 15) is 4.79 Å². The van der Waals surface area contributed by atoms with E-state index in [0.29, 0.717) is 16.9 Å². The topological polar surface area (TPSA) is 75.8 Å². The van der Waals surface area contributed by atoms with E-state index in [1.807, 2.05) is 19.9 Å². The maximum absolute atomic E-state index is 10.4. The fourth-order valence-corrected chi connectivity index (χ4v) is 4.23. The maximum atomic E-state index is 10.4. The number of hydrogen-bond acceptors (Lipinski definition) is 4. The highest BCUT2D eigenvalue weighted by Crippen LogP contribution is 2.27. The zero-order valence-electron chi connectivity index (χ0n) is 24.0. The number of rotatable bonds is 7. The quantitative estimate of drug-likeness (QED) is 0.392. The number of carbonyl (C=O) groups is 1. The summed E-state index contributed by atoms with van der Waals surface area (Å²) in [5, 5.41) is 8.86. The lowest BCUT2D eigenvalue weighted by Crippen LogP contribution is -2.41. The Balaban J connectivity index is 0.000000304. The van der Waals surface area contributed by atoms with Crippen molar-refractivity contribution in [2.24, 2.45) is 5.73 Å². The number of nitrogens with two attached hydrogens (primary N) is 1. The standard InChI is InChI=1S/C17H27N.C7H7NO.C7H8O2.C2H6/c1-17(2,18-14-7-8-15-18)13-9-12-16-10-5-3-4-6-11-16;8-7(9)6-4-2-1-3-5-6;1-9-7-4-2-3-6(8)5-7;1-2/h3-5,10-11H,6-9,12-15H2,1-2H3;1-5H,(H2,8,9);2-5,8H,1H3;1-2H3. The minimum Gasteiger partial charge on any atom is -0.508 e. The molecule has 0 atom stereocenters. The van der Waals surface area contributed by atoms with Gasteiger partial charge in [-0.1, -0.05) is 74.1 Å². The van der Waals surface area contributed by atoms with Crippen molar-refractivity contribution < 1.29 is 14.6 Å². The van der Waals surface area contributed by atoms with Crippen LogP contribution in [0.2, 0.25) is 0 Å². The van der Waals surface area contributed by atoms with Gasteiger partial charge in [-0.15, -0.1) is 0 Å². The van der Waals surface area contributed by atoms with E-state index in [1.54, 1.807) is 55.6 Å². The Morgan fingerprint density at radius 1 is 1.03 bits per heavy atom. The Hall–Kier alpha value is -3.31. The van der Waals surface area contributed by atoms with Gasteiger partial charge in [-0.2, -0.15) is 0 Å². The third-order valence-corrected chi connectivity index (χ3v) is 6.40. The number of methoxy groups -OCH3 is 1. The fraction of sp³-hybridized carbons (Fsp3) is 0.424. The summed E-state index contributed by atoms with van der Waals surface area (Å²) < 4.78 is 4.84. The lowest BCUT2D eigenvalue weighted by Gasteiger charge is -2.35. The molecule has 4 rings (SSSR count). The van der Waals surface area contributed by atoms with Crippen molar-refractivity contribution in [1.82, 2.24) is 4.90 Å². The van der Waals surface area contributed by atoms with E-state index in [0.717, 1.165) is 6.42 Å². The van der Waals surface area contributed by atoms with Crippen LogP contribution in [0, 0.1) is 0 Å². The Kier molecular flexibility index (Phi) is 16.2. The summed E-state index contributed by atoms with van der Waals surface area (Å²) in [6, 6.07) is 15.4.